The van der Waals surface area contributed by atoms with Crippen LogP contribution in [0, 0.1) is 5.82 Å². The average Bonchev–Trinajstić information content (AvgIpc) is 2.82. The van der Waals surface area contributed by atoms with Gasteiger partial charge in [-0.05, 0) is 68.2 Å². The van der Waals surface area contributed by atoms with E-state index >= 15 is 0 Å². The number of benzene rings is 2. The summed E-state index contributed by atoms with van der Waals surface area (Å²) in [5.74, 6) is -0.731. The molecule has 2 aromatic carbocycles. The van der Waals surface area contributed by atoms with E-state index in [0.29, 0.717) is 30.5 Å². The van der Waals surface area contributed by atoms with E-state index in [2.05, 4.69) is 34.1 Å². The fraction of sp³-hybridized carbons (Fsp3) is 0.346. The van der Waals surface area contributed by atoms with Crippen LogP contribution in [0.1, 0.15) is 52.9 Å². The van der Waals surface area contributed by atoms with Crippen LogP contribution in [0.5, 0.6) is 0 Å². The van der Waals surface area contributed by atoms with E-state index < -0.39 is 5.97 Å². The number of anilines is 1. The van der Waals surface area contributed by atoms with Crippen molar-refractivity contribution in [2.24, 2.45) is 0 Å². The van der Waals surface area contributed by atoms with Crippen molar-refractivity contribution in [2.45, 2.75) is 51.0 Å². The molecule has 0 amide bonds. The largest absolute Gasteiger partial charge is 0.478 e. The molecular formula is C26H28FN3O2. The van der Waals surface area contributed by atoms with E-state index in [4.69, 9.17) is 4.98 Å². The molecule has 4 rings (SSSR count). The zero-order valence-electron chi connectivity index (χ0n) is 18.1. The minimum absolute atomic E-state index is 0.114. The summed E-state index contributed by atoms with van der Waals surface area (Å²) in [5.41, 5.74) is 2.75. The molecule has 1 unspecified atom stereocenters. The summed E-state index contributed by atoms with van der Waals surface area (Å²) in [4.78, 5) is 23.1. The second-order valence-corrected chi connectivity index (χ2v) is 8.33. The molecule has 32 heavy (non-hydrogen) atoms. The number of carboxylic acids is 1. The van der Waals surface area contributed by atoms with Crippen molar-refractivity contribution in [1.82, 2.24) is 9.97 Å². The Bertz CT molecular complexity index is 1060. The van der Waals surface area contributed by atoms with Gasteiger partial charge in [0.2, 0.25) is 5.95 Å². The summed E-state index contributed by atoms with van der Waals surface area (Å²) in [6, 6.07) is 17.2. The molecule has 0 aliphatic carbocycles. The quantitative estimate of drug-likeness (QED) is 0.536. The molecule has 6 heteroatoms. The van der Waals surface area contributed by atoms with Crippen molar-refractivity contribution >= 4 is 11.9 Å². The lowest BCUT2D eigenvalue weighted by molar-refractivity contribution is 0.0694. The Hall–Kier alpha value is -3.28. The number of hydrogen-bond acceptors (Lipinski definition) is 4. The molecule has 0 radical (unpaired) electrons. The molecule has 1 aliphatic rings. The summed E-state index contributed by atoms with van der Waals surface area (Å²) < 4.78 is 13.5. The van der Waals surface area contributed by atoms with Gasteiger partial charge < -0.3 is 10.0 Å². The molecule has 5 nitrogen and oxygen atoms in total. The highest BCUT2D eigenvalue weighted by Crippen LogP contribution is 2.26. The fourth-order valence-electron chi connectivity index (χ4n) is 4.41. The molecule has 3 aromatic rings. The number of rotatable bonds is 8. The number of aromatic carboxylic acids is 1. The number of hydrogen-bond donors (Lipinski definition) is 1. The molecule has 0 spiro atoms. The fourth-order valence-corrected chi connectivity index (χ4v) is 4.41. The number of aromatic nitrogens is 2. The summed E-state index contributed by atoms with van der Waals surface area (Å²) in [5, 5.41) is 9.62. The number of halogens is 1. The van der Waals surface area contributed by atoms with Crippen LogP contribution in [-0.4, -0.2) is 33.6 Å². The highest BCUT2D eigenvalue weighted by atomic mass is 19.1. The van der Waals surface area contributed by atoms with Crippen LogP contribution in [0.3, 0.4) is 0 Å². The molecule has 1 N–H and O–H groups in total. The van der Waals surface area contributed by atoms with E-state index in [-0.39, 0.29) is 11.4 Å². The molecule has 0 bridgehead atoms. The van der Waals surface area contributed by atoms with Gasteiger partial charge in [-0.2, -0.15) is 0 Å². The van der Waals surface area contributed by atoms with Gasteiger partial charge in [0.15, 0.2) is 0 Å². The number of carbonyl (C=O) groups is 1. The second-order valence-electron chi connectivity index (χ2n) is 8.33. The molecule has 166 valence electrons. The Balaban J connectivity index is 1.53. The molecule has 1 saturated heterocycles. The van der Waals surface area contributed by atoms with Crippen LogP contribution in [0.2, 0.25) is 0 Å². The van der Waals surface area contributed by atoms with Crippen molar-refractivity contribution in [2.75, 3.05) is 11.4 Å². The van der Waals surface area contributed by atoms with Crippen molar-refractivity contribution in [3.63, 3.8) is 0 Å². The lowest BCUT2D eigenvalue weighted by Gasteiger charge is -2.36. The van der Waals surface area contributed by atoms with Gasteiger partial charge in [0.1, 0.15) is 5.82 Å². The van der Waals surface area contributed by atoms with E-state index in [1.165, 1.54) is 30.3 Å². The summed E-state index contributed by atoms with van der Waals surface area (Å²) >= 11 is 0. The van der Waals surface area contributed by atoms with Gasteiger partial charge in [-0.25, -0.2) is 19.2 Å². The summed E-state index contributed by atoms with van der Waals surface area (Å²) in [6.07, 6.45) is 7.69. The first kappa shape index (κ1) is 21.9. The van der Waals surface area contributed by atoms with Crippen LogP contribution < -0.4 is 4.90 Å². The van der Waals surface area contributed by atoms with Crippen LogP contribution >= 0.6 is 0 Å². The monoisotopic (exact) mass is 433 g/mol. The van der Waals surface area contributed by atoms with Gasteiger partial charge in [-0.1, -0.05) is 42.5 Å². The van der Waals surface area contributed by atoms with Gasteiger partial charge in [0.05, 0.1) is 11.3 Å². The predicted molar refractivity (Wildman–Crippen MR) is 123 cm³/mol. The average molecular weight is 434 g/mol. The van der Waals surface area contributed by atoms with Crippen molar-refractivity contribution in [3.8, 4) is 0 Å². The van der Waals surface area contributed by atoms with Gasteiger partial charge in [0.25, 0.3) is 0 Å². The van der Waals surface area contributed by atoms with Gasteiger partial charge in [-0.15, -0.1) is 0 Å². The topological polar surface area (TPSA) is 66.3 Å². The highest BCUT2D eigenvalue weighted by molar-refractivity contribution is 5.88. The number of carboxylic acid groups (broad SMARTS) is 1. The van der Waals surface area contributed by atoms with Gasteiger partial charge in [-0.3, -0.25) is 0 Å². The zero-order valence-corrected chi connectivity index (χ0v) is 18.1. The summed E-state index contributed by atoms with van der Waals surface area (Å²) in [6.45, 7) is 0.870. The SMILES string of the molecule is O=C(O)c1cnc(N2CCCCC2CCc2ccccc2)nc1CCc1cccc(F)c1. The molecule has 0 saturated carbocycles. The van der Waals surface area contributed by atoms with Gasteiger partial charge in [0, 0.05) is 18.8 Å². The van der Waals surface area contributed by atoms with E-state index in [9.17, 15) is 14.3 Å². The molecule has 1 atom stereocenters. The van der Waals surface area contributed by atoms with E-state index in [1.54, 1.807) is 6.07 Å². The number of nitrogens with zero attached hydrogens (tertiary/aromatic N) is 3. The predicted octanol–water partition coefficient (Wildman–Crippen LogP) is 5.09. The molecule has 1 fully saturated rings. The van der Waals surface area contributed by atoms with Crippen LogP contribution in [0.15, 0.2) is 60.8 Å². The first-order chi connectivity index (χ1) is 15.6. The number of piperidine rings is 1. The van der Waals surface area contributed by atoms with Crippen LogP contribution in [0.4, 0.5) is 10.3 Å². The third-order valence-corrected chi connectivity index (χ3v) is 6.12. The molecule has 1 aliphatic heterocycles. The van der Waals surface area contributed by atoms with Gasteiger partial charge >= 0.3 is 5.97 Å². The standard InChI is InChI=1S/C26H28FN3O2/c27-21-10-6-9-20(17-21)13-15-24-23(25(31)32)18-28-26(29-24)30-16-5-4-11-22(30)14-12-19-7-2-1-3-8-19/h1-3,6-10,17-18,22H,4-5,11-16H2,(H,31,32). The van der Waals surface area contributed by atoms with E-state index in [1.807, 2.05) is 12.1 Å². The normalized spacial score (nSPS) is 16.2. The first-order valence-electron chi connectivity index (χ1n) is 11.2. The Morgan fingerprint density at radius 2 is 1.84 bits per heavy atom. The van der Waals surface area contributed by atoms with Crippen molar-refractivity contribution < 1.29 is 14.3 Å². The summed E-state index contributed by atoms with van der Waals surface area (Å²) in [7, 11) is 0. The number of aryl methyl sites for hydroxylation is 3. The second kappa shape index (κ2) is 10.4. The Kier molecular flexibility index (Phi) is 7.10. The Morgan fingerprint density at radius 3 is 2.62 bits per heavy atom. The zero-order chi connectivity index (χ0) is 22.3. The maximum Gasteiger partial charge on any atom is 0.339 e. The lowest BCUT2D eigenvalue weighted by Crippen LogP contribution is -2.41. The Morgan fingerprint density at radius 1 is 1.03 bits per heavy atom. The molecule has 1 aromatic heterocycles. The Labute approximate surface area is 188 Å². The van der Waals surface area contributed by atoms with E-state index in [0.717, 1.165) is 37.8 Å². The first-order valence-corrected chi connectivity index (χ1v) is 11.2. The highest BCUT2D eigenvalue weighted by Gasteiger charge is 2.26. The molecular weight excluding hydrogens is 405 g/mol. The third-order valence-electron chi connectivity index (χ3n) is 6.12. The van der Waals surface area contributed by atoms with Crippen molar-refractivity contribution in [1.29, 1.82) is 0 Å². The maximum absolute atomic E-state index is 13.5. The molecule has 2 heterocycles. The minimum Gasteiger partial charge on any atom is -0.478 e. The third kappa shape index (κ3) is 5.49. The van der Waals surface area contributed by atoms with Crippen LogP contribution in [-0.2, 0) is 19.3 Å². The maximum atomic E-state index is 13.5. The van der Waals surface area contributed by atoms with Crippen molar-refractivity contribution in [3.05, 3.63) is 89.0 Å². The smallest absolute Gasteiger partial charge is 0.339 e. The van der Waals surface area contributed by atoms with Crippen LogP contribution in [0.25, 0.3) is 0 Å². The minimum atomic E-state index is -1.04. The lowest BCUT2D eigenvalue weighted by atomic mass is 9.96.